The van der Waals surface area contributed by atoms with Crippen molar-refractivity contribution in [2.75, 3.05) is 14.2 Å². The van der Waals surface area contributed by atoms with Gasteiger partial charge < -0.3 is 20.1 Å². The summed E-state index contributed by atoms with van der Waals surface area (Å²) in [5, 5.41) is 15.2. The molecule has 0 unspecified atom stereocenters. The summed E-state index contributed by atoms with van der Waals surface area (Å²) < 4.78 is 10.6. The number of nitrogens with one attached hydrogen (secondary N) is 2. The van der Waals surface area contributed by atoms with Gasteiger partial charge in [-0.25, -0.2) is 4.79 Å². The molecule has 122 valence electrons. The molecule has 2 rings (SSSR count). The van der Waals surface area contributed by atoms with E-state index in [0.29, 0.717) is 28.3 Å². The normalized spacial score (nSPS) is 17.9. The smallest absolute Gasteiger partial charge is 0.319 e. The molecule has 6 nitrogen and oxygen atoms in total. The lowest BCUT2D eigenvalue weighted by Crippen LogP contribution is -2.46. The second-order valence-electron chi connectivity index (χ2n) is 6.29. The molecule has 0 aliphatic carbocycles. The molecule has 0 saturated carbocycles. The number of hydrogen-bond acceptors (Lipinski definition) is 4. The fourth-order valence-electron chi connectivity index (χ4n) is 2.57. The molecule has 1 aliphatic rings. The minimum Gasteiger partial charge on any atom is -0.497 e. The number of methoxy groups -OCH3 is 2. The average molecular weight is 315 g/mol. The Hall–Kier alpha value is -2.68. The molecule has 0 spiro atoms. The Labute approximate surface area is 136 Å². The van der Waals surface area contributed by atoms with Crippen molar-refractivity contribution in [3.8, 4) is 17.6 Å². The summed E-state index contributed by atoms with van der Waals surface area (Å²) in [6.07, 6.45) is 0. The van der Waals surface area contributed by atoms with Crippen LogP contribution in [0.3, 0.4) is 0 Å². The van der Waals surface area contributed by atoms with Gasteiger partial charge in [-0.2, -0.15) is 5.26 Å². The molecule has 1 aromatic carbocycles. The quantitative estimate of drug-likeness (QED) is 0.898. The van der Waals surface area contributed by atoms with E-state index in [9.17, 15) is 10.1 Å². The monoisotopic (exact) mass is 315 g/mol. The van der Waals surface area contributed by atoms with Gasteiger partial charge in [0.25, 0.3) is 0 Å². The SMILES string of the molecule is COc1ccc([C@H]2NC(=O)NC(C(C)(C)C)=C2C#N)c(OC)c1. The summed E-state index contributed by atoms with van der Waals surface area (Å²) >= 11 is 0. The predicted molar refractivity (Wildman–Crippen MR) is 86.0 cm³/mol. The molecule has 0 radical (unpaired) electrons. The van der Waals surface area contributed by atoms with Gasteiger partial charge in [0.05, 0.1) is 31.9 Å². The molecule has 0 fully saturated rings. The van der Waals surface area contributed by atoms with Crippen LogP contribution in [0.2, 0.25) is 0 Å². The number of rotatable bonds is 3. The Morgan fingerprint density at radius 2 is 1.91 bits per heavy atom. The number of carbonyl (C=O) groups is 1. The largest absolute Gasteiger partial charge is 0.497 e. The van der Waals surface area contributed by atoms with Gasteiger partial charge in [-0.1, -0.05) is 20.8 Å². The minimum atomic E-state index is -0.566. The van der Waals surface area contributed by atoms with Crippen LogP contribution in [0.5, 0.6) is 11.5 Å². The fourth-order valence-corrected chi connectivity index (χ4v) is 2.57. The number of carbonyl (C=O) groups excluding carboxylic acids is 1. The highest BCUT2D eigenvalue weighted by atomic mass is 16.5. The highest BCUT2D eigenvalue weighted by Crippen LogP contribution is 2.38. The van der Waals surface area contributed by atoms with Crippen molar-refractivity contribution in [2.45, 2.75) is 26.8 Å². The first-order chi connectivity index (χ1) is 10.8. The molecule has 0 aromatic heterocycles. The number of urea groups is 1. The number of ether oxygens (including phenoxy) is 2. The number of nitriles is 1. The molecule has 23 heavy (non-hydrogen) atoms. The molecular weight excluding hydrogens is 294 g/mol. The van der Waals surface area contributed by atoms with Gasteiger partial charge in [-0.05, 0) is 12.1 Å². The first kappa shape index (κ1) is 16.7. The van der Waals surface area contributed by atoms with E-state index in [1.807, 2.05) is 20.8 Å². The lowest BCUT2D eigenvalue weighted by Gasteiger charge is -2.33. The molecule has 2 amide bonds. The zero-order valence-corrected chi connectivity index (χ0v) is 14.0. The van der Waals surface area contributed by atoms with Gasteiger partial charge in [0.2, 0.25) is 0 Å². The van der Waals surface area contributed by atoms with Crippen molar-refractivity contribution in [3.63, 3.8) is 0 Å². The van der Waals surface area contributed by atoms with E-state index in [4.69, 9.17) is 9.47 Å². The van der Waals surface area contributed by atoms with Crippen LogP contribution in [0.15, 0.2) is 29.5 Å². The molecule has 1 aliphatic heterocycles. The topological polar surface area (TPSA) is 83.4 Å². The van der Waals surface area contributed by atoms with E-state index < -0.39 is 6.04 Å². The van der Waals surface area contributed by atoms with Crippen LogP contribution < -0.4 is 20.1 Å². The lowest BCUT2D eigenvalue weighted by atomic mass is 9.84. The van der Waals surface area contributed by atoms with Crippen LogP contribution in [-0.4, -0.2) is 20.3 Å². The first-order valence-corrected chi connectivity index (χ1v) is 7.26. The van der Waals surface area contributed by atoms with Gasteiger partial charge in [0.15, 0.2) is 0 Å². The predicted octanol–water partition coefficient (Wildman–Crippen LogP) is 2.88. The number of amides is 2. The first-order valence-electron chi connectivity index (χ1n) is 7.26. The molecule has 1 aromatic rings. The van der Waals surface area contributed by atoms with Crippen LogP contribution in [-0.2, 0) is 0 Å². The van der Waals surface area contributed by atoms with Crippen LogP contribution in [0.1, 0.15) is 32.4 Å². The second-order valence-corrected chi connectivity index (χ2v) is 6.29. The third kappa shape index (κ3) is 3.24. The maximum absolute atomic E-state index is 12.1. The Balaban J connectivity index is 2.62. The summed E-state index contributed by atoms with van der Waals surface area (Å²) in [5.74, 6) is 1.20. The van der Waals surface area contributed by atoms with Crippen molar-refractivity contribution in [1.29, 1.82) is 5.26 Å². The summed E-state index contributed by atoms with van der Waals surface area (Å²) in [4.78, 5) is 12.1. The maximum atomic E-state index is 12.1. The van der Waals surface area contributed by atoms with Crippen molar-refractivity contribution in [3.05, 3.63) is 35.0 Å². The number of allylic oxidation sites excluding steroid dienone is 1. The lowest BCUT2D eigenvalue weighted by molar-refractivity contribution is 0.234. The van der Waals surface area contributed by atoms with Gasteiger partial charge in [0, 0.05) is 22.7 Å². The molecule has 2 N–H and O–H groups in total. The molecule has 1 atom stereocenters. The molecule has 6 heteroatoms. The number of nitrogens with zero attached hydrogens (tertiary/aromatic N) is 1. The highest BCUT2D eigenvalue weighted by Gasteiger charge is 2.35. The van der Waals surface area contributed by atoms with Crippen molar-refractivity contribution >= 4 is 6.03 Å². The van der Waals surface area contributed by atoms with E-state index in [1.165, 1.54) is 0 Å². The van der Waals surface area contributed by atoms with E-state index in [1.54, 1.807) is 32.4 Å². The Kier molecular flexibility index (Phi) is 4.50. The number of benzene rings is 1. The standard InChI is InChI=1S/C17H21N3O3/c1-17(2,3)15-12(9-18)14(19-16(21)20-15)11-7-6-10(22-4)8-13(11)23-5/h6-8,14H,1-5H3,(H2,19,20,21)/t14-/m1/s1. The summed E-state index contributed by atoms with van der Waals surface area (Å²) in [5.41, 5.74) is 1.44. The third-order valence-corrected chi connectivity index (χ3v) is 3.69. The molecule has 0 bridgehead atoms. The number of hydrogen-bond donors (Lipinski definition) is 2. The highest BCUT2D eigenvalue weighted by molar-refractivity contribution is 5.80. The van der Waals surface area contributed by atoms with Crippen molar-refractivity contribution < 1.29 is 14.3 Å². The van der Waals surface area contributed by atoms with Gasteiger partial charge in [0.1, 0.15) is 11.5 Å². The van der Waals surface area contributed by atoms with E-state index in [0.717, 1.165) is 0 Å². The summed E-state index contributed by atoms with van der Waals surface area (Å²) in [6.45, 7) is 5.86. The Morgan fingerprint density at radius 3 is 2.43 bits per heavy atom. The van der Waals surface area contributed by atoms with Gasteiger partial charge >= 0.3 is 6.03 Å². The zero-order valence-electron chi connectivity index (χ0n) is 14.0. The summed E-state index contributed by atoms with van der Waals surface area (Å²) in [6, 6.07) is 6.63. The fraction of sp³-hybridized carbons (Fsp3) is 0.412. The van der Waals surface area contributed by atoms with Crippen molar-refractivity contribution in [1.82, 2.24) is 10.6 Å². The average Bonchev–Trinajstić information content (AvgIpc) is 2.52. The Bertz CT molecular complexity index is 696. The second kappa shape index (κ2) is 6.21. The van der Waals surface area contributed by atoms with Crippen LogP contribution in [0.4, 0.5) is 4.79 Å². The van der Waals surface area contributed by atoms with Gasteiger partial charge in [-0.3, -0.25) is 0 Å². The molecule has 1 heterocycles. The summed E-state index contributed by atoms with van der Waals surface area (Å²) in [7, 11) is 3.11. The molecular formula is C17H21N3O3. The third-order valence-electron chi connectivity index (χ3n) is 3.69. The van der Waals surface area contributed by atoms with E-state index in [-0.39, 0.29) is 11.4 Å². The Morgan fingerprint density at radius 1 is 1.22 bits per heavy atom. The van der Waals surface area contributed by atoms with Crippen LogP contribution in [0.25, 0.3) is 0 Å². The van der Waals surface area contributed by atoms with Crippen LogP contribution >= 0.6 is 0 Å². The van der Waals surface area contributed by atoms with Crippen molar-refractivity contribution in [2.24, 2.45) is 5.41 Å². The molecule has 0 saturated heterocycles. The van der Waals surface area contributed by atoms with Gasteiger partial charge in [-0.15, -0.1) is 0 Å². The van der Waals surface area contributed by atoms with E-state index >= 15 is 0 Å². The van der Waals surface area contributed by atoms with Crippen LogP contribution in [0, 0.1) is 16.7 Å². The zero-order chi connectivity index (χ0) is 17.2. The maximum Gasteiger partial charge on any atom is 0.319 e. The van der Waals surface area contributed by atoms with E-state index in [2.05, 4.69) is 16.7 Å². The minimum absolute atomic E-state index is 0.336.